The van der Waals surface area contributed by atoms with E-state index in [0.29, 0.717) is 12.3 Å². The lowest BCUT2D eigenvalue weighted by molar-refractivity contribution is -0.117. The van der Waals surface area contributed by atoms with Crippen LogP contribution < -0.4 is 5.32 Å². The van der Waals surface area contributed by atoms with Crippen molar-refractivity contribution in [1.29, 1.82) is 0 Å². The van der Waals surface area contributed by atoms with Crippen molar-refractivity contribution >= 4 is 33.3 Å². The van der Waals surface area contributed by atoms with Gasteiger partial charge in [-0.1, -0.05) is 42.7 Å². The second-order valence-corrected chi connectivity index (χ2v) is 8.11. The number of anilines is 1. The zero-order valence-electron chi connectivity index (χ0n) is 15.0. The van der Waals surface area contributed by atoms with Gasteiger partial charge in [-0.2, -0.15) is 0 Å². The molecule has 1 fully saturated rings. The quantitative estimate of drug-likeness (QED) is 0.657. The van der Waals surface area contributed by atoms with Gasteiger partial charge in [0.15, 0.2) is 0 Å². The fraction of sp³-hybridized carbons (Fsp3) is 0.381. The van der Waals surface area contributed by atoms with Crippen LogP contribution in [-0.4, -0.2) is 15.9 Å². The standard InChI is InChI=1S/C21H23N3OS/c1-14-9-10-16(20-24-17-8-5-11-22-21(17)26-20)13-18(14)23-19(25)12-15-6-3-2-4-7-15/h5,8-11,13,15H,2-4,6-7,12H2,1H3,(H,23,25). The maximum atomic E-state index is 12.5. The molecule has 0 radical (unpaired) electrons. The van der Waals surface area contributed by atoms with Crippen molar-refractivity contribution < 1.29 is 4.79 Å². The number of aryl methyl sites for hydroxylation is 1. The van der Waals surface area contributed by atoms with Crippen LogP contribution in [0.25, 0.3) is 20.9 Å². The summed E-state index contributed by atoms with van der Waals surface area (Å²) in [5.41, 5.74) is 3.89. The first-order chi connectivity index (χ1) is 12.7. The Hall–Kier alpha value is -2.27. The van der Waals surface area contributed by atoms with E-state index in [1.807, 2.05) is 31.2 Å². The van der Waals surface area contributed by atoms with Gasteiger partial charge in [0.1, 0.15) is 15.4 Å². The predicted molar refractivity (Wildman–Crippen MR) is 107 cm³/mol. The molecule has 134 valence electrons. The fourth-order valence-electron chi connectivity index (χ4n) is 3.64. The summed E-state index contributed by atoms with van der Waals surface area (Å²) in [7, 11) is 0. The van der Waals surface area contributed by atoms with Gasteiger partial charge < -0.3 is 5.32 Å². The van der Waals surface area contributed by atoms with Crippen LogP contribution >= 0.6 is 11.3 Å². The Morgan fingerprint density at radius 1 is 1.23 bits per heavy atom. The minimum absolute atomic E-state index is 0.128. The molecule has 0 aliphatic heterocycles. The topological polar surface area (TPSA) is 54.9 Å². The minimum Gasteiger partial charge on any atom is -0.326 e. The molecule has 1 aliphatic rings. The van der Waals surface area contributed by atoms with Crippen molar-refractivity contribution in [3.05, 3.63) is 42.1 Å². The Balaban J connectivity index is 1.53. The van der Waals surface area contributed by atoms with Crippen LogP contribution in [0.3, 0.4) is 0 Å². The highest BCUT2D eigenvalue weighted by Gasteiger charge is 2.18. The number of carbonyl (C=O) groups is 1. The molecule has 1 aliphatic carbocycles. The van der Waals surface area contributed by atoms with E-state index >= 15 is 0 Å². The zero-order valence-corrected chi connectivity index (χ0v) is 15.8. The molecule has 2 heterocycles. The van der Waals surface area contributed by atoms with Crippen LogP contribution in [-0.2, 0) is 4.79 Å². The molecule has 0 saturated heterocycles. The molecule has 5 heteroatoms. The second kappa shape index (κ2) is 7.54. The minimum atomic E-state index is 0.128. The Bertz CT molecular complexity index is 895. The summed E-state index contributed by atoms with van der Waals surface area (Å²) in [5, 5.41) is 4.06. The number of carbonyl (C=O) groups excluding carboxylic acids is 1. The summed E-state index contributed by atoms with van der Waals surface area (Å²) < 4.78 is 0. The van der Waals surface area contributed by atoms with Crippen molar-refractivity contribution in [1.82, 2.24) is 9.97 Å². The van der Waals surface area contributed by atoms with Gasteiger partial charge >= 0.3 is 0 Å². The molecule has 26 heavy (non-hydrogen) atoms. The first-order valence-electron chi connectivity index (χ1n) is 9.31. The molecular formula is C21H23N3OS. The molecule has 0 atom stereocenters. The molecule has 1 N–H and O–H groups in total. The SMILES string of the molecule is Cc1ccc(-c2nc3cccnc3s2)cc1NC(=O)CC1CCCCC1. The molecule has 0 unspecified atom stereocenters. The molecule has 4 rings (SSSR count). The van der Waals surface area contributed by atoms with E-state index in [9.17, 15) is 4.79 Å². The van der Waals surface area contributed by atoms with Crippen molar-refractivity contribution in [2.75, 3.05) is 5.32 Å². The van der Waals surface area contributed by atoms with Crippen LogP contribution in [0.5, 0.6) is 0 Å². The molecule has 0 spiro atoms. The highest BCUT2D eigenvalue weighted by Crippen LogP contribution is 2.32. The second-order valence-electron chi connectivity index (χ2n) is 7.13. The lowest BCUT2D eigenvalue weighted by Crippen LogP contribution is -2.18. The number of amides is 1. The Morgan fingerprint density at radius 3 is 2.88 bits per heavy atom. The van der Waals surface area contributed by atoms with E-state index < -0.39 is 0 Å². The van der Waals surface area contributed by atoms with Gasteiger partial charge in [0.2, 0.25) is 5.91 Å². The van der Waals surface area contributed by atoms with Crippen molar-refractivity contribution in [2.24, 2.45) is 5.92 Å². The summed E-state index contributed by atoms with van der Waals surface area (Å²) >= 11 is 1.58. The monoisotopic (exact) mass is 365 g/mol. The zero-order chi connectivity index (χ0) is 17.9. The van der Waals surface area contributed by atoms with E-state index in [1.165, 1.54) is 32.1 Å². The summed E-state index contributed by atoms with van der Waals surface area (Å²) in [5.74, 6) is 0.672. The fourth-order valence-corrected chi connectivity index (χ4v) is 4.54. The number of pyridine rings is 1. The largest absolute Gasteiger partial charge is 0.326 e. The summed E-state index contributed by atoms with van der Waals surface area (Å²) in [6, 6.07) is 10.0. The lowest BCUT2D eigenvalue weighted by atomic mass is 9.87. The molecule has 1 aromatic carbocycles. The molecule has 0 bridgehead atoms. The highest BCUT2D eigenvalue weighted by atomic mass is 32.1. The average Bonchev–Trinajstić information content (AvgIpc) is 3.08. The number of aromatic nitrogens is 2. The highest BCUT2D eigenvalue weighted by molar-refractivity contribution is 7.21. The molecule has 1 saturated carbocycles. The Kier molecular flexibility index (Phi) is 4.98. The van der Waals surface area contributed by atoms with E-state index in [0.717, 1.165) is 32.2 Å². The molecule has 2 aromatic heterocycles. The number of thiazole rings is 1. The van der Waals surface area contributed by atoms with Crippen LogP contribution in [0.1, 0.15) is 44.1 Å². The summed E-state index contributed by atoms with van der Waals surface area (Å²) in [4.78, 5) is 22.5. The maximum Gasteiger partial charge on any atom is 0.224 e. The predicted octanol–water partition coefficient (Wildman–Crippen LogP) is 5.58. The number of rotatable bonds is 4. The number of benzene rings is 1. The van der Waals surface area contributed by atoms with Gasteiger partial charge in [-0.15, -0.1) is 0 Å². The molecular weight excluding hydrogens is 342 g/mol. The summed E-state index contributed by atoms with van der Waals surface area (Å²) in [6.07, 6.45) is 8.63. The maximum absolute atomic E-state index is 12.5. The van der Waals surface area contributed by atoms with Crippen LogP contribution in [0.2, 0.25) is 0 Å². The van der Waals surface area contributed by atoms with Gasteiger partial charge in [-0.05, 0) is 49.4 Å². The number of nitrogens with zero attached hydrogens (tertiary/aromatic N) is 2. The normalized spacial score (nSPS) is 15.3. The molecule has 3 aromatic rings. The third kappa shape index (κ3) is 3.78. The van der Waals surface area contributed by atoms with Crippen molar-refractivity contribution in [3.63, 3.8) is 0 Å². The lowest BCUT2D eigenvalue weighted by Gasteiger charge is -2.21. The van der Waals surface area contributed by atoms with E-state index in [1.54, 1.807) is 17.5 Å². The van der Waals surface area contributed by atoms with E-state index in [4.69, 9.17) is 0 Å². The van der Waals surface area contributed by atoms with Gasteiger partial charge in [-0.25, -0.2) is 9.97 Å². The van der Waals surface area contributed by atoms with Crippen LogP contribution in [0.15, 0.2) is 36.5 Å². The number of fused-ring (bicyclic) bond motifs is 1. The molecule has 1 amide bonds. The van der Waals surface area contributed by atoms with E-state index in [2.05, 4.69) is 21.4 Å². The van der Waals surface area contributed by atoms with Crippen LogP contribution in [0, 0.1) is 12.8 Å². The Morgan fingerprint density at radius 2 is 2.08 bits per heavy atom. The smallest absolute Gasteiger partial charge is 0.224 e. The van der Waals surface area contributed by atoms with Gasteiger partial charge in [-0.3, -0.25) is 4.79 Å². The number of hydrogen-bond acceptors (Lipinski definition) is 4. The van der Waals surface area contributed by atoms with Gasteiger partial charge in [0.25, 0.3) is 0 Å². The summed E-state index contributed by atoms with van der Waals surface area (Å²) in [6.45, 7) is 2.03. The number of hydrogen-bond donors (Lipinski definition) is 1. The average molecular weight is 366 g/mol. The van der Waals surface area contributed by atoms with E-state index in [-0.39, 0.29) is 5.91 Å². The van der Waals surface area contributed by atoms with Gasteiger partial charge in [0, 0.05) is 23.9 Å². The van der Waals surface area contributed by atoms with Crippen LogP contribution in [0.4, 0.5) is 5.69 Å². The van der Waals surface area contributed by atoms with Gasteiger partial charge in [0.05, 0.1) is 0 Å². The first-order valence-corrected chi connectivity index (χ1v) is 10.1. The first kappa shape index (κ1) is 17.2. The third-order valence-electron chi connectivity index (χ3n) is 5.12. The number of nitrogens with one attached hydrogen (secondary N) is 1. The van der Waals surface area contributed by atoms with Crippen molar-refractivity contribution in [3.8, 4) is 10.6 Å². The van der Waals surface area contributed by atoms with Crippen molar-refractivity contribution in [2.45, 2.75) is 45.4 Å². The Labute approximate surface area is 157 Å². The molecule has 4 nitrogen and oxygen atoms in total. The third-order valence-corrected chi connectivity index (χ3v) is 6.15.